The van der Waals surface area contributed by atoms with Crippen LogP contribution in [0.15, 0.2) is 34.8 Å². The van der Waals surface area contributed by atoms with Crippen LogP contribution < -0.4 is 5.32 Å². The Labute approximate surface area is 148 Å². The van der Waals surface area contributed by atoms with E-state index < -0.39 is 6.17 Å². The Kier molecular flexibility index (Phi) is 5.15. The number of amides is 1. The lowest BCUT2D eigenvalue weighted by Crippen LogP contribution is -2.51. The molecule has 9 heteroatoms. The molecule has 1 fully saturated rings. The quantitative estimate of drug-likeness (QED) is 0.711. The molecule has 2 N–H and O–H groups in total. The Morgan fingerprint density at radius 1 is 1.48 bits per heavy atom. The number of thiocarbonyl (C=S) groups is 1. The molecule has 0 aromatic heterocycles. The summed E-state index contributed by atoms with van der Waals surface area (Å²) in [4.78, 5) is 15.6. The molecule has 3 heterocycles. The number of thioether (sulfide) groups is 1. The monoisotopic (exact) mass is 373 g/mol. The number of halogens is 1. The highest BCUT2D eigenvalue weighted by Crippen LogP contribution is 2.25. The van der Waals surface area contributed by atoms with Crippen LogP contribution in [-0.4, -0.2) is 63.4 Å². The third-order valence-electron chi connectivity index (χ3n) is 3.60. The van der Waals surface area contributed by atoms with Crippen molar-refractivity contribution in [2.75, 3.05) is 32.1 Å². The van der Waals surface area contributed by atoms with Crippen molar-refractivity contribution < 1.29 is 14.6 Å². The number of hydrogen-bond donors (Lipinski definition) is 2. The van der Waals surface area contributed by atoms with Crippen LogP contribution in [0.5, 0.6) is 0 Å². The van der Waals surface area contributed by atoms with Crippen LogP contribution >= 0.6 is 35.6 Å². The van der Waals surface area contributed by atoms with Gasteiger partial charge in [-0.25, -0.2) is 0 Å². The second-order valence-corrected chi connectivity index (χ2v) is 7.24. The van der Waals surface area contributed by atoms with Gasteiger partial charge in [0.1, 0.15) is 10.1 Å². The number of carbonyl (C=O) groups excluding carboxylic acids is 1. The van der Waals surface area contributed by atoms with Gasteiger partial charge in [0.2, 0.25) is 0 Å². The molecule has 0 aromatic carbocycles. The van der Waals surface area contributed by atoms with Crippen molar-refractivity contribution in [3.63, 3.8) is 0 Å². The Morgan fingerprint density at radius 3 is 2.96 bits per heavy atom. The van der Waals surface area contributed by atoms with Crippen molar-refractivity contribution >= 4 is 45.8 Å². The summed E-state index contributed by atoms with van der Waals surface area (Å²) in [6, 6.07) is 0. The zero-order valence-corrected chi connectivity index (χ0v) is 14.6. The molecule has 6 nitrogen and oxygen atoms in total. The van der Waals surface area contributed by atoms with Crippen molar-refractivity contribution in [3.8, 4) is 0 Å². The van der Waals surface area contributed by atoms with Crippen molar-refractivity contribution in [2.45, 2.75) is 6.17 Å². The van der Waals surface area contributed by atoms with Gasteiger partial charge in [0.15, 0.2) is 6.17 Å². The summed E-state index contributed by atoms with van der Waals surface area (Å²) in [5, 5.41) is 13.4. The van der Waals surface area contributed by atoms with E-state index in [2.05, 4.69) is 10.2 Å². The highest BCUT2D eigenvalue weighted by Gasteiger charge is 2.32. The summed E-state index contributed by atoms with van der Waals surface area (Å²) >= 11 is 12.8. The average molecular weight is 374 g/mol. The average Bonchev–Trinajstić information content (AvgIpc) is 2.54. The van der Waals surface area contributed by atoms with E-state index in [9.17, 15) is 9.90 Å². The number of hydrogen-bond acceptors (Lipinski definition) is 6. The maximum atomic E-state index is 12.2. The maximum Gasteiger partial charge on any atom is 0.254 e. The van der Waals surface area contributed by atoms with Crippen LogP contribution in [0, 0.1) is 0 Å². The van der Waals surface area contributed by atoms with E-state index in [4.69, 9.17) is 28.6 Å². The second-order valence-electron chi connectivity index (χ2n) is 5.20. The minimum absolute atomic E-state index is 0.0113. The fourth-order valence-electron chi connectivity index (χ4n) is 2.44. The normalized spacial score (nSPS) is 24.3. The Hall–Kier alpha value is -1.22. The van der Waals surface area contributed by atoms with E-state index in [1.165, 1.54) is 35.0 Å². The van der Waals surface area contributed by atoms with Crippen molar-refractivity contribution in [2.24, 2.45) is 0 Å². The number of morpholine rings is 1. The zero-order chi connectivity index (χ0) is 16.4. The predicted molar refractivity (Wildman–Crippen MR) is 93.9 cm³/mol. The molecule has 0 spiro atoms. The van der Waals surface area contributed by atoms with Crippen LogP contribution in [0.25, 0.3) is 0 Å². The maximum absolute atomic E-state index is 12.2. The summed E-state index contributed by atoms with van der Waals surface area (Å²) < 4.78 is 6.09. The Balaban J connectivity index is 1.61. The van der Waals surface area contributed by atoms with Gasteiger partial charge in [0.25, 0.3) is 5.91 Å². The largest absolute Gasteiger partial charge is 0.508 e. The van der Waals surface area contributed by atoms with E-state index >= 15 is 0 Å². The first-order valence-corrected chi connectivity index (χ1v) is 8.88. The SMILES string of the molecule is O=C1C=C(CSC(=S)N2CCOCC2)NC2C(O)=CC(Cl)=CN12. The van der Waals surface area contributed by atoms with Gasteiger partial charge in [-0.15, -0.1) is 0 Å². The zero-order valence-electron chi connectivity index (χ0n) is 12.2. The topological polar surface area (TPSA) is 65.0 Å². The summed E-state index contributed by atoms with van der Waals surface area (Å²) in [6.45, 7) is 2.95. The molecule has 0 bridgehead atoms. The molecule has 0 aromatic rings. The van der Waals surface area contributed by atoms with Crippen LogP contribution in [0.2, 0.25) is 0 Å². The number of aliphatic hydroxyl groups is 1. The van der Waals surface area contributed by atoms with Crippen molar-refractivity contribution in [1.82, 2.24) is 15.1 Å². The minimum atomic E-state index is -0.609. The molecule has 1 amide bonds. The minimum Gasteiger partial charge on any atom is -0.508 e. The molecular formula is C14H16ClN3O3S2. The number of allylic oxidation sites excluding steroid dienone is 2. The van der Waals surface area contributed by atoms with Crippen LogP contribution in [0.1, 0.15) is 0 Å². The molecule has 23 heavy (non-hydrogen) atoms. The highest BCUT2D eigenvalue weighted by molar-refractivity contribution is 8.23. The van der Waals surface area contributed by atoms with Gasteiger partial charge >= 0.3 is 0 Å². The third-order valence-corrected chi connectivity index (χ3v) is 5.38. The Morgan fingerprint density at radius 2 is 2.22 bits per heavy atom. The van der Waals surface area contributed by atoms with Gasteiger partial charge in [0.05, 0.1) is 18.2 Å². The number of fused-ring (bicyclic) bond motifs is 1. The second kappa shape index (κ2) is 7.12. The standard InChI is InChI=1S/C14H16ClN3O3S2/c15-9-5-11(19)13-16-10(6-12(20)18(13)7-9)8-23-14(22)17-1-3-21-4-2-17/h5-7,13,16,19H,1-4,8H2. The number of rotatable bonds is 2. The van der Waals surface area contributed by atoms with Gasteiger partial charge < -0.3 is 20.1 Å². The molecule has 124 valence electrons. The number of nitrogens with zero attached hydrogens (tertiary/aromatic N) is 2. The predicted octanol–water partition coefficient (Wildman–Crippen LogP) is 1.51. The molecule has 1 atom stereocenters. The first-order chi connectivity index (χ1) is 11.0. The first kappa shape index (κ1) is 16.6. The molecule has 1 saturated heterocycles. The fourth-order valence-corrected chi connectivity index (χ4v) is 3.83. The number of nitrogens with one attached hydrogen (secondary N) is 1. The van der Waals surface area contributed by atoms with Crippen molar-refractivity contribution in [1.29, 1.82) is 0 Å². The van der Waals surface area contributed by atoms with E-state index in [0.29, 0.717) is 24.0 Å². The lowest BCUT2D eigenvalue weighted by atomic mass is 10.2. The van der Waals surface area contributed by atoms with E-state index in [0.717, 1.165) is 23.1 Å². The highest BCUT2D eigenvalue weighted by atomic mass is 35.5. The fraction of sp³-hybridized carbons (Fsp3) is 0.429. The summed E-state index contributed by atoms with van der Waals surface area (Å²) in [5.74, 6) is 0.327. The summed E-state index contributed by atoms with van der Waals surface area (Å²) in [5.41, 5.74) is 0.725. The molecule has 3 aliphatic rings. The number of carbonyl (C=O) groups is 1. The smallest absolute Gasteiger partial charge is 0.254 e. The number of aliphatic hydroxyl groups excluding tert-OH is 1. The molecule has 3 aliphatic heterocycles. The van der Waals surface area contributed by atoms with Gasteiger partial charge in [-0.3, -0.25) is 9.69 Å². The Bertz CT molecular complexity index is 614. The molecule has 1 unspecified atom stereocenters. The first-order valence-electron chi connectivity index (χ1n) is 7.11. The van der Waals surface area contributed by atoms with Crippen LogP contribution in [0.4, 0.5) is 0 Å². The molecule has 0 radical (unpaired) electrons. The molecule has 0 saturated carbocycles. The lowest BCUT2D eigenvalue weighted by Gasteiger charge is -2.36. The van der Waals surface area contributed by atoms with Gasteiger partial charge in [0, 0.05) is 36.8 Å². The number of ether oxygens (including phenoxy) is 1. The van der Waals surface area contributed by atoms with Crippen molar-refractivity contribution in [3.05, 3.63) is 34.8 Å². The molecular weight excluding hydrogens is 358 g/mol. The lowest BCUT2D eigenvalue weighted by molar-refractivity contribution is -0.126. The van der Waals surface area contributed by atoms with Gasteiger partial charge in [-0.1, -0.05) is 35.6 Å². The molecule has 0 aliphatic carbocycles. The third kappa shape index (κ3) is 3.82. The summed E-state index contributed by atoms with van der Waals surface area (Å²) in [7, 11) is 0. The van der Waals surface area contributed by atoms with E-state index in [1.807, 2.05) is 0 Å². The molecule has 3 rings (SSSR count). The van der Waals surface area contributed by atoms with Crippen LogP contribution in [0.3, 0.4) is 0 Å². The summed E-state index contributed by atoms with van der Waals surface area (Å²) in [6.07, 6.45) is 3.82. The van der Waals surface area contributed by atoms with Gasteiger partial charge in [-0.2, -0.15) is 0 Å². The van der Waals surface area contributed by atoms with E-state index in [1.54, 1.807) is 0 Å². The van der Waals surface area contributed by atoms with E-state index in [-0.39, 0.29) is 11.7 Å². The van der Waals surface area contributed by atoms with Crippen LogP contribution in [-0.2, 0) is 9.53 Å². The van der Waals surface area contributed by atoms with Gasteiger partial charge in [-0.05, 0) is 6.08 Å².